The topological polar surface area (TPSA) is 81.7 Å². The number of hydrogen-bond donors (Lipinski definition) is 1. The van der Waals surface area contributed by atoms with Crippen LogP contribution in [0.1, 0.15) is 24.0 Å². The summed E-state index contributed by atoms with van der Waals surface area (Å²) in [7, 11) is 0. The molecule has 6 nitrogen and oxygen atoms in total. The van der Waals surface area contributed by atoms with Gasteiger partial charge in [0.25, 0.3) is 0 Å². The molecule has 2 aromatic heterocycles. The van der Waals surface area contributed by atoms with E-state index in [4.69, 9.17) is 13.6 Å². The lowest BCUT2D eigenvalue weighted by Crippen LogP contribution is -2.34. The molecular formula is C25H23NO5. The maximum absolute atomic E-state index is 12.6. The predicted molar refractivity (Wildman–Crippen MR) is 118 cm³/mol. The van der Waals surface area contributed by atoms with Crippen molar-refractivity contribution in [3.8, 4) is 11.1 Å². The maximum atomic E-state index is 12.6. The highest BCUT2D eigenvalue weighted by Crippen LogP contribution is 2.34. The van der Waals surface area contributed by atoms with Gasteiger partial charge in [-0.05, 0) is 37.0 Å². The van der Waals surface area contributed by atoms with Crippen LogP contribution < -0.4 is 10.9 Å². The molecule has 0 radical (unpaired) electrons. The van der Waals surface area contributed by atoms with Gasteiger partial charge in [-0.3, -0.25) is 4.79 Å². The lowest BCUT2D eigenvalue weighted by molar-refractivity contribution is -0.121. The molecule has 0 unspecified atom stereocenters. The molecule has 2 aromatic carbocycles. The Labute approximate surface area is 178 Å². The van der Waals surface area contributed by atoms with Crippen molar-refractivity contribution >= 4 is 27.8 Å². The normalized spacial score (nSPS) is 16.2. The maximum Gasteiger partial charge on any atom is 0.340 e. The van der Waals surface area contributed by atoms with Crippen LogP contribution >= 0.6 is 0 Å². The Morgan fingerprint density at radius 3 is 2.74 bits per heavy atom. The number of ether oxygens (including phenoxy) is 1. The summed E-state index contributed by atoms with van der Waals surface area (Å²) >= 11 is 0. The van der Waals surface area contributed by atoms with Gasteiger partial charge in [0.05, 0.1) is 24.4 Å². The molecule has 1 N–H and O–H groups in total. The van der Waals surface area contributed by atoms with Crippen LogP contribution in [0.3, 0.4) is 0 Å². The molecule has 3 heterocycles. The smallest absolute Gasteiger partial charge is 0.340 e. The molecule has 1 atom stereocenters. The zero-order valence-corrected chi connectivity index (χ0v) is 17.3. The van der Waals surface area contributed by atoms with Crippen molar-refractivity contribution in [1.82, 2.24) is 5.32 Å². The molecule has 1 fully saturated rings. The fourth-order valence-corrected chi connectivity index (χ4v) is 4.21. The molecule has 0 bridgehead atoms. The monoisotopic (exact) mass is 417 g/mol. The fraction of sp³-hybridized carbons (Fsp3) is 0.280. The number of hydrogen-bond acceptors (Lipinski definition) is 5. The average molecular weight is 417 g/mol. The number of nitrogens with one attached hydrogen (secondary N) is 1. The molecular weight excluding hydrogens is 394 g/mol. The van der Waals surface area contributed by atoms with Crippen LogP contribution in [-0.2, 0) is 16.0 Å². The summed E-state index contributed by atoms with van der Waals surface area (Å²) in [5, 5.41) is 4.61. The Hall–Kier alpha value is -3.38. The van der Waals surface area contributed by atoms with Crippen LogP contribution in [0.25, 0.3) is 33.1 Å². The highest BCUT2D eigenvalue weighted by Gasteiger charge is 2.20. The molecule has 0 saturated carbocycles. The van der Waals surface area contributed by atoms with E-state index in [1.54, 1.807) is 12.3 Å². The SMILES string of the molecule is Cc1c(CC(=O)NC[C@H]2CCCO2)c(=O)oc2cc3occ(-c4ccccc4)c3cc12. The minimum absolute atomic E-state index is 0.0220. The first kappa shape index (κ1) is 19.6. The summed E-state index contributed by atoms with van der Waals surface area (Å²) in [6, 6.07) is 13.7. The van der Waals surface area contributed by atoms with E-state index in [0.29, 0.717) is 23.3 Å². The summed E-state index contributed by atoms with van der Waals surface area (Å²) in [5.74, 6) is -0.209. The van der Waals surface area contributed by atoms with E-state index in [1.165, 1.54) is 0 Å². The standard InChI is InChI=1S/C25H23NO5/c1-15-18-10-20-21(16-6-3-2-4-7-16)14-30-22(20)12-23(18)31-25(28)19(15)11-24(27)26-13-17-8-5-9-29-17/h2-4,6-7,10,12,14,17H,5,8-9,11,13H2,1H3,(H,26,27)/t17-/m1/s1. The van der Waals surface area contributed by atoms with Gasteiger partial charge in [0.15, 0.2) is 0 Å². The molecule has 0 spiro atoms. The summed E-state index contributed by atoms with van der Waals surface area (Å²) in [5.41, 5.74) is 3.75. The summed E-state index contributed by atoms with van der Waals surface area (Å²) in [4.78, 5) is 25.1. The number of furan rings is 1. The average Bonchev–Trinajstić information content (AvgIpc) is 3.44. The number of carbonyl (C=O) groups excluding carboxylic acids is 1. The largest absolute Gasteiger partial charge is 0.464 e. The first-order valence-electron chi connectivity index (χ1n) is 10.5. The fourth-order valence-electron chi connectivity index (χ4n) is 4.21. The van der Waals surface area contributed by atoms with Crippen molar-refractivity contribution in [3.63, 3.8) is 0 Å². The van der Waals surface area contributed by atoms with Crippen molar-refractivity contribution in [1.29, 1.82) is 0 Å². The van der Waals surface area contributed by atoms with E-state index < -0.39 is 5.63 Å². The molecule has 4 aromatic rings. The first-order valence-corrected chi connectivity index (χ1v) is 10.5. The number of benzene rings is 2. The van der Waals surface area contributed by atoms with E-state index in [-0.39, 0.29) is 18.4 Å². The second-order valence-corrected chi connectivity index (χ2v) is 7.97. The third-order valence-electron chi connectivity index (χ3n) is 5.95. The Balaban J connectivity index is 1.50. The number of aryl methyl sites for hydroxylation is 1. The molecule has 1 saturated heterocycles. The van der Waals surface area contributed by atoms with E-state index in [1.807, 2.05) is 43.3 Å². The molecule has 158 valence electrons. The van der Waals surface area contributed by atoms with Gasteiger partial charge in [-0.2, -0.15) is 0 Å². The predicted octanol–water partition coefficient (Wildman–Crippen LogP) is 4.35. The zero-order valence-electron chi connectivity index (χ0n) is 17.3. The molecule has 5 rings (SSSR count). The summed E-state index contributed by atoms with van der Waals surface area (Å²) in [6.45, 7) is 3.06. The van der Waals surface area contributed by atoms with Gasteiger partial charge in [-0.15, -0.1) is 0 Å². The van der Waals surface area contributed by atoms with E-state index in [0.717, 1.165) is 46.9 Å². The van der Waals surface area contributed by atoms with E-state index in [9.17, 15) is 9.59 Å². The number of carbonyl (C=O) groups is 1. The van der Waals surface area contributed by atoms with Gasteiger partial charge < -0.3 is 18.9 Å². The van der Waals surface area contributed by atoms with Gasteiger partial charge in [-0.1, -0.05) is 30.3 Å². The van der Waals surface area contributed by atoms with Crippen LogP contribution in [0.5, 0.6) is 0 Å². The van der Waals surface area contributed by atoms with Crippen molar-refractivity contribution in [2.45, 2.75) is 32.3 Å². The van der Waals surface area contributed by atoms with Crippen molar-refractivity contribution in [2.75, 3.05) is 13.2 Å². The van der Waals surface area contributed by atoms with Crippen LogP contribution in [0.4, 0.5) is 0 Å². The van der Waals surface area contributed by atoms with E-state index >= 15 is 0 Å². The quantitative estimate of drug-likeness (QED) is 0.488. The van der Waals surface area contributed by atoms with E-state index in [2.05, 4.69) is 5.32 Å². The lowest BCUT2D eigenvalue weighted by atomic mass is 9.99. The molecule has 1 aliphatic rings. The van der Waals surface area contributed by atoms with Crippen LogP contribution in [0, 0.1) is 6.92 Å². The van der Waals surface area contributed by atoms with Gasteiger partial charge in [0, 0.05) is 35.6 Å². The zero-order chi connectivity index (χ0) is 21.4. The van der Waals surface area contributed by atoms with Crippen LogP contribution in [-0.4, -0.2) is 25.2 Å². The Bertz CT molecular complexity index is 1310. The van der Waals surface area contributed by atoms with Crippen molar-refractivity contribution in [3.05, 3.63) is 70.3 Å². The number of amides is 1. The molecule has 1 aliphatic heterocycles. The van der Waals surface area contributed by atoms with Gasteiger partial charge >= 0.3 is 5.63 Å². The van der Waals surface area contributed by atoms with Crippen LogP contribution in [0.15, 0.2) is 62.4 Å². The minimum Gasteiger partial charge on any atom is -0.464 e. The van der Waals surface area contributed by atoms with Gasteiger partial charge in [0.2, 0.25) is 5.91 Å². The lowest BCUT2D eigenvalue weighted by Gasteiger charge is -2.12. The third kappa shape index (κ3) is 3.75. The molecule has 6 heteroatoms. The Morgan fingerprint density at radius 2 is 1.97 bits per heavy atom. The van der Waals surface area contributed by atoms with Crippen molar-refractivity contribution in [2.24, 2.45) is 0 Å². The molecule has 31 heavy (non-hydrogen) atoms. The number of rotatable bonds is 5. The van der Waals surface area contributed by atoms with Crippen molar-refractivity contribution < 1.29 is 18.4 Å². The third-order valence-corrected chi connectivity index (χ3v) is 5.95. The summed E-state index contributed by atoms with van der Waals surface area (Å²) < 4.78 is 16.8. The highest BCUT2D eigenvalue weighted by atomic mass is 16.5. The first-order chi connectivity index (χ1) is 15.1. The van der Waals surface area contributed by atoms with Crippen LogP contribution in [0.2, 0.25) is 0 Å². The molecule has 0 aliphatic carbocycles. The second kappa shape index (κ2) is 8.04. The van der Waals surface area contributed by atoms with Gasteiger partial charge in [-0.25, -0.2) is 4.79 Å². The minimum atomic E-state index is -0.494. The highest BCUT2D eigenvalue weighted by molar-refractivity contribution is 6.02. The Morgan fingerprint density at radius 1 is 1.13 bits per heavy atom. The Kier molecular flexibility index (Phi) is 5.08. The summed E-state index contributed by atoms with van der Waals surface area (Å²) in [6.07, 6.45) is 3.71. The number of fused-ring (bicyclic) bond motifs is 2. The second-order valence-electron chi connectivity index (χ2n) is 7.97. The van der Waals surface area contributed by atoms with Gasteiger partial charge in [0.1, 0.15) is 11.2 Å². The molecule has 1 amide bonds.